The number of allylic oxidation sites excluding steroid dienone is 11. The summed E-state index contributed by atoms with van der Waals surface area (Å²) in [5.74, 6) is 0. The average molecular weight is 260 g/mol. The Kier molecular flexibility index (Phi) is 25.8. The molecule has 0 aromatic heterocycles. The predicted octanol–water partition coefficient (Wildman–Crippen LogP) is 6.81. The molecule has 0 unspecified atom stereocenters. The maximum absolute atomic E-state index is 3.82. The molecule has 108 valence electrons. The Labute approximate surface area is 121 Å². The quantitative estimate of drug-likeness (QED) is 0.476. The van der Waals surface area contributed by atoms with Crippen LogP contribution < -0.4 is 0 Å². The summed E-state index contributed by atoms with van der Waals surface area (Å²) in [6.07, 6.45) is 18.2. The van der Waals surface area contributed by atoms with Crippen LogP contribution in [0.2, 0.25) is 0 Å². The number of hydrogen-bond acceptors (Lipinski definition) is 0. The Balaban J connectivity index is -0.000000579. The van der Waals surface area contributed by atoms with Crippen molar-refractivity contribution in [3.05, 3.63) is 72.4 Å². The molecule has 0 fully saturated rings. The monoisotopic (exact) mass is 260 g/mol. The molecule has 0 bridgehead atoms. The first-order valence-corrected chi connectivity index (χ1v) is 7.21. The third-order valence-electron chi connectivity index (χ3n) is 1.84. The Morgan fingerprint density at radius 3 is 1.42 bits per heavy atom. The lowest BCUT2D eigenvalue weighted by molar-refractivity contribution is 1.50. The second-order valence-corrected chi connectivity index (χ2v) is 3.00. The van der Waals surface area contributed by atoms with Gasteiger partial charge >= 0.3 is 0 Å². The smallest absolute Gasteiger partial charge is 0.0188 e. The molecule has 0 spiro atoms. The molecule has 0 aromatic carbocycles. The minimum atomic E-state index is 1.13. The van der Waals surface area contributed by atoms with Gasteiger partial charge in [0.25, 0.3) is 0 Å². The molecule has 0 saturated carbocycles. The van der Waals surface area contributed by atoms with Crippen LogP contribution in [-0.4, -0.2) is 0 Å². The van der Waals surface area contributed by atoms with Crippen molar-refractivity contribution in [1.82, 2.24) is 0 Å². The van der Waals surface area contributed by atoms with Gasteiger partial charge in [0.2, 0.25) is 0 Å². The van der Waals surface area contributed by atoms with E-state index >= 15 is 0 Å². The van der Waals surface area contributed by atoms with Crippen molar-refractivity contribution in [2.45, 2.75) is 48.5 Å². The van der Waals surface area contributed by atoms with Crippen molar-refractivity contribution in [2.24, 2.45) is 0 Å². The average Bonchev–Trinajstić information content (AvgIpc) is 2.49. The molecule has 0 amide bonds. The van der Waals surface area contributed by atoms with Crippen molar-refractivity contribution in [2.75, 3.05) is 0 Å². The topological polar surface area (TPSA) is 0 Å². The summed E-state index contributed by atoms with van der Waals surface area (Å²) in [5.41, 5.74) is 2.30. The summed E-state index contributed by atoms with van der Waals surface area (Å²) in [5, 5.41) is 0. The minimum Gasteiger partial charge on any atom is -0.0984 e. The van der Waals surface area contributed by atoms with Gasteiger partial charge in [0, 0.05) is 0 Å². The molecule has 0 aliphatic carbocycles. The highest BCUT2D eigenvalue weighted by Crippen LogP contribution is 2.13. The van der Waals surface area contributed by atoms with E-state index in [4.69, 9.17) is 0 Å². The van der Waals surface area contributed by atoms with Gasteiger partial charge in [-0.25, -0.2) is 0 Å². The highest BCUT2D eigenvalue weighted by atomic mass is 14.0. The molecular weight excluding hydrogens is 228 g/mol. The van der Waals surface area contributed by atoms with E-state index in [1.54, 1.807) is 0 Å². The van der Waals surface area contributed by atoms with Gasteiger partial charge in [-0.2, -0.15) is 0 Å². The molecule has 0 aliphatic heterocycles. The summed E-state index contributed by atoms with van der Waals surface area (Å²) in [7, 11) is 0. The van der Waals surface area contributed by atoms with Crippen LogP contribution in [0.15, 0.2) is 72.4 Å². The van der Waals surface area contributed by atoms with Gasteiger partial charge in [-0.15, -0.1) is 0 Å². The molecule has 0 atom stereocenters. The van der Waals surface area contributed by atoms with Crippen molar-refractivity contribution < 1.29 is 0 Å². The van der Waals surface area contributed by atoms with Crippen LogP contribution in [-0.2, 0) is 0 Å². The summed E-state index contributed by atoms with van der Waals surface area (Å²) in [4.78, 5) is 0. The van der Waals surface area contributed by atoms with Crippen LogP contribution in [0.25, 0.3) is 0 Å². The van der Waals surface area contributed by atoms with Crippen LogP contribution in [0.5, 0.6) is 0 Å². The lowest BCUT2D eigenvalue weighted by Crippen LogP contribution is -1.81. The summed E-state index contributed by atoms with van der Waals surface area (Å²) >= 11 is 0. The fraction of sp³-hybridized carbons (Fsp3) is 0.368. The van der Waals surface area contributed by atoms with Gasteiger partial charge in [-0.05, 0) is 31.9 Å². The van der Waals surface area contributed by atoms with Gasteiger partial charge < -0.3 is 0 Å². The van der Waals surface area contributed by atoms with Gasteiger partial charge in [0.15, 0.2) is 0 Å². The normalized spacial score (nSPS) is 12.2. The van der Waals surface area contributed by atoms with Crippen molar-refractivity contribution >= 4 is 0 Å². The molecule has 0 nitrogen and oxygen atoms in total. The van der Waals surface area contributed by atoms with Crippen LogP contribution >= 0.6 is 0 Å². The summed E-state index contributed by atoms with van der Waals surface area (Å²) in [6, 6.07) is 0. The van der Waals surface area contributed by atoms with Crippen molar-refractivity contribution in [3.63, 3.8) is 0 Å². The fourth-order valence-corrected chi connectivity index (χ4v) is 1.11. The van der Waals surface area contributed by atoms with E-state index in [1.165, 1.54) is 5.57 Å². The molecule has 0 heteroatoms. The molecule has 0 heterocycles. The predicted molar refractivity (Wildman–Crippen MR) is 93.5 cm³/mol. The molecule has 0 N–H and O–H groups in total. The summed E-state index contributed by atoms with van der Waals surface area (Å²) < 4.78 is 0. The van der Waals surface area contributed by atoms with E-state index in [0.29, 0.717) is 0 Å². The standard InChI is InChI=1S/C15H20.2C2H6/c1-5-9-12-14(8-4)15(11-7-3)13-10-6-2;2*1-2/h5-13H,4H2,1-3H3;2*1-2H3/b9-5-,10-6-,11-7-,14-12+,15-13+;;. The van der Waals surface area contributed by atoms with E-state index in [0.717, 1.165) is 5.57 Å². The van der Waals surface area contributed by atoms with Crippen LogP contribution in [0.1, 0.15) is 48.5 Å². The van der Waals surface area contributed by atoms with Gasteiger partial charge in [0.05, 0.1) is 0 Å². The number of rotatable bonds is 5. The first-order chi connectivity index (χ1) is 9.29. The number of hydrogen-bond donors (Lipinski definition) is 0. The Morgan fingerprint density at radius 1 is 0.684 bits per heavy atom. The van der Waals surface area contributed by atoms with Gasteiger partial charge in [-0.1, -0.05) is 89.0 Å². The summed E-state index contributed by atoms with van der Waals surface area (Å²) in [6.45, 7) is 17.8. The van der Waals surface area contributed by atoms with Crippen LogP contribution in [0, 0.1) is 0 Å². The van der Waals surface area contributed by atoms with E-state index in [1.807, 2.05) is 84.9 Å². The minimum absolute atomic E-state index is 1.13. The molecule has 0 aromatic rings. The lowest BCUT2D eigenvalue weighted by atomic mass is 10.0. The molecule has 0 rings (SSSR count). The van der Waals surface area contributed by atoms with E-state index in [9.17, 15) is 0 Å². The zero-order valence-corrected chi connectivity index (χ0v) is 13.9. The largest absolute Gasteiger partial charge is 0.0984 e. The second-order valence-electron chi connectivity index (χ2n) is 3.00. The maximum Gasteiger partial charge on any atom is -0.0188 e. The van der Waals surface area contributed by atoms with E-state index < -0.39 is 0 Å². The molecule has 0 radical (unpaired) electrons. The SMILES string of the molecule is C=CC(=C\C=C/C)/C(/C=C\C)=C/C=C\C.CC.CC. The van der Waals surface area contributed by atoms with Gasteiger partial charge in [-0.3, -0.25) is 0 Å². The molecule has 0 aliphatic rings. The maximum atomic E-state index is 3.82. The van der Waals surface area contributed by atoms with Crippen molar-refractivity contribution in [1.29, 1.82) is 0 Å². The first kappa shape index (κ1) is 22.6. The van der Waals surface area contributed by atoms with Crippen LogP contribution in [0.4, 0.5) is 0 Å². The third kappa shape index (κ3) is 14.4. The zero-order chi connectivity index (χ0) is 15.5. The fourth-order valence-electron chi connectivity index (χ4n) is 1.11. The molecule has 19 heavy (non-hydrogen) atoms. The van der Waals surface area contributed by atoms with Crippen LogP contribution in [0.3, 0.4) is 0 Å². The Hall–Kier alpha value is -1.56. The third-order valence-corrected chi connectivity index (χ3v) is 1.84. The molecule has 0 saturated heterocycles. The van der Waals surface area contributed by atoms with E-state index in [2.05, 4.69) is 24.8 Å². The highest BCUT2D eigenvalue weighted by Gasteiger charge is 1.94. The Morgan fingerprint density at radius 2 is 1.11 bits per heavy atom. The Bertz CT molecular complexity index is 320. The zero-order valence-electron chi connectivity index (χ0n) is 13.9. The first-order valence-electron chi connectivity index (χ1n) is 7.21. The molecular formula is C19H32. The highest BCUT2D eigenvalue weighted by molar-refractivity contribution is 5.48. The lowest BCUT2D eigenvalue weighted by Gasteiger charge is -2.01. The van der Waals surface area contributed by atoms with Gasteiger partial charge in [0.1, 0.15) is 0 Å². The second kappa shape index (κ2) is 21.7. The van der Waals surface area contributed by atoms with E-state index in [-0.39, 0.29) is 0 Å². The van der Waals surface area contributed by atoms with Crippen molar-refractivity contribution in [3.8, 4) is 0 Å².